The van der Waals surface area contributed by atoms with E-state index in [0.29, 0.717) is 12.2 Å². The van der Waals surface area contributed by atoms with E-state index in [4.69, 9.17) is 4.74 Å². The molecule has 4 heteroatoms. The van der Waals surface area contributed by atoms with Crippen LogP contribution in [0, 0.1) is 5.82 Å². The van der Waals surface area contributed by atoms with Gasteiger partial charge in [-0.15, -0.1) is 0 Å². The van der Waals surface area contributed by atoms with Crippen LogP contribution < -0.4 is 4.74 Å². The minimum absolute atomic E-state index is 0.218. The first-order chi connectivity index (χ1) is 6.27. The van der Waals surface area contributed by atoms with Crippen LogP contribution in [0.5, 0.6) is 5.75 Å². The molecule has 0 fully saturated rings. The van der Waals surface area contributed by atoms with Gasteiger partial charge in [-0.3, -0.25) is 0 Å². The Labute approximate surface area is 76.3 Å². The van der Waals surface area contributed by atoms with Crippen molar-refractivity contribution in [3.63, 3.8) is 0 Å². The Morgan fingerprint density at radius 2 is 2.23 bits per heavy atom. The monoisotopic (exact) mass is 182 g/mol. The summed E-state index contributed by atoms with van der Waals surface area (Å²) in [5, 5.41) is 7.55. The van der Waals surface area contributed by atoms with E-state index in [-0.39, 0.29) is 5.75 Å². The molecule has 0 N–H and O–H groups in total. The van der Waals surface area contributed by atoms with E-state index in [2.05, 4.69) is 10.2 Å². The van der Waals surface area contributed by atoms with E-state index in [9.17, 15) is 4.39 Å². The molecule has 0 spiro atoms. The number of hydrogen-bond donors (Lipinski definition) is 0. The van der Waals surface area contributed by atoms with Gasteiger partial charge in [0.15, 0.2) is 11.6 Å². The Hall–Kier alpha value is -1.45. The van der Waals surface area contributed by atoms with Gasteiger partial charge in [-0.2, -0.15) is 10.2 Å². The van der Waals surface area contributed by atoms with Crippen LogP contribution in [-0.2, 0) is 0 Å². The van der Waals surface area contributed by atoms with Crippen LogP contribution in [0.4, 0.5) is 10.1 Å². The average molecular weight is 182 g/mol. The van der Waals surface area contributed by atoms with E-state index in [1.807, 2.05) is 6.92 Å². The lowest BCUT2D eigenvalue weighted by molar-refractivity contribution is 0.386. The molecule has 13 heavy (non-hydrogen) atoms. The van der Waals surface area contributed by atoms with Crippen LogP contribution in [-0.4, -0.2) is 13.7 Å². The summed E-state index contributed by atoms with van der Waals surface area (Å²) >= 11 is 0. The zero-order chi connectivity index (χ0) is 9.68. The van der Waals surface area contributed by atoms with Crippen LogP contribution in [0.15, 0.2) is 28.4 Å². The van der Waals surface area contributed by atoms with E-state index in [0.717, 1.165) is 0 Å². The maximum atomic E-state index is 13.1. The molecule has 0 aliphatic carbocycles. The third-order valence-electron chi connectivity index (χ3n) is 1.46. The molecule has 0 aliphatic heterocycles. The fourth-order valence-corrected chi connectivity index (χ4v) is 0.870. The number of rotatable bonds is 3. The summed E-state index contributed by atoms with van der Waals surface area (Å²) in [7, 11) is 1.42. The maximum absolute atomic E-state index is 13.1. The zero-order valence-corrected chi connectivity index (χ0v) is 7.62. The summed E-state index contributed by atoms with van der Waals surface area (Å²) in [5.74, 6) is -0.203. The van der Waals surface area contributed by atoms with Crippen molar-refractivity contribution in [3.05, 3.63) is 24.0 Å². The Bertz CT molecular complexity index is 312. The molecule has 0 bridgehead atoms. The fourth-order valence-electron chi connectivity index (χ4n) is 0.870. The van der Waals surface area contributed by atoms with Crippen molar-refractivity contribution in [3.8, 4) is 5.75 Å². The van der Waals surface area contributed by atoms with Crippen molar-refractivity contribution in [2.75, 3.05) is 13.7 Å². The normalized spacial score (nSPS) is 10.7. The predicted molar refractivity (Wildman–Crippen MR) is 48.0 cm³/mol. The first-order valence-electron chi connectivity index (χ1n) is 3.99. The molecule has 0 unspecified atom stereocenters. The smallest absolute Gasteiger partial charge is 0.167 e. The van der Waals surface area contributed by atoms with E-state index < -0.39 is 5.82 Å². The van der Waals surface area contributed by atoms with E-state index in [1.54, 1.807) is 6.07 Å². The first kappa shape index (κ1) is 9.64. The lowest BCUT2D eigenvalue weighted by Crippen LogP contribution is -1.86. The molecule has 1 rings (SSSR count). The molecule has 0 amide bonds. The van der Waals surface area contributed by atoms with Crippen molar-refractivity contribution in [1.29, 1.82) is 0 Å². The molecular weight excluding hydrogens is 171 g/mol. The number of halogens is 1. The van der Waals surface area contributed by atoms with Crippen molar-refractivity contribution in [1.82, 2.24) is 0 Å². The van der Waals surface area contributed by atoms with Crippen LogP contribution >= 0.6 is 0 Å². The van der Waals surface area contributed by atoms with E-state index >= 15 is 0 Å². The second kappa shape index (κ2) is 4.54. The number of hydrogen-bond acceptors (Lipinski definition) is 3. The Kier molecular flexibility index (Phi) is 3.37. The molecular formula is C9H11FN2O. The summed E-state index contributed by atoms with van der Waals surface area (Å²) < 4.78 is 17.8. The molecule has 0 atom stereocenters. The van der Waals surface area contributed by atoms with Gasteiger partial charge in [0.25, 0.3) is 0 Å². The van der Waals surface area contributed by atoms with Gasteiger partial charge in [0.1, 0.15) is 0 Å². The summed E-state index contributed by atoms with van der Waals surface area (Å²) in [5.41, 5.74) is 0.500. The lowest BCUT2D eigenvalue weighted by Gasteiger charge is -2.00. The van der Waals surface area contributed by atoms with Crippen LogP contribution in [0.25, 0.3) is 0 Å². The highest BCUT2D eigenvalue weighted by atomic mass is 19.1. The van der Waals surface area contributed by atoms with Crippen LogP contribution in [0.3, 0.4) is 0 Å². The summed E-state index contributed by atoms with van der Waals surface area (Å²) in [6, 6.07) is 4.47. The molecule has 0 heterocycles. The van der Waals surface area contributed by atoms with Gasteiger partial charge in [-0.05, 0) is 19.1 Å². The minimum atomic E-state index is -0.421. The topological polar surface area (TPSA) is 34.0 Å². The van der Waals surface area contributed by atoms with Gasteiger partial charge in [0.05, 0.1) is 19.3 Å². The van der Waals surface area contributed by atoms with Gasteiger partial charge in [-0.25, -0.2) is 4.39 Å². The maximum Gasteiger partial charge on any atom is 0.167 e. The Morgan fingerprint density at radius 3 is 2.77 bits per heavy atom. The molecule has 0 saturated heterocycles. The second-order valence-electron chi connectivity index (χ2n) is 2.38. The Balaban J connectivity index is 2.89. The number of nitrogens with zero attached hydrogens (tertiary/aromatic N) is 2. The molecule has 0 radical (unpaired) electrons. The SMILES string of the molecule is CCN=Nc1ccc(OC)c(F)c1. The number of benzene rings is 1. The number of methoxy groups -OCH3 is 1. The first-order valence-corrected chi connectivity index (χ1v) is 3.99. The largest absolute Gasteiger partial charge is 0.494 e. The predicted octanol–water partition coefficient (Wildman–Crippen LogP) is 2.94. The van der Waals surface area contributed by atoms with Crippen molar-refractivity contribution in [2.24, 2.45) is 10.2 Å². The van der Waals surface area contributed by atoms with Crippen LogP contribution in [0.2, 0.25) is 0 Å². The Morgan fingerprint density at radius 1 is 1.46 bits per heavy atom. The molecule has 1 aromatic carbocycles. The van der Waals surface area contributed by atoms with Crippen molar-refractivity contribution in [2.45, 2.75) is 6.92 Å². The van der Waals surface area contributed by atoms with Gasteiger partial charge >= 0.3 is 0 Å². The summed E-state index contributed by atoms with van der Waals surface area (Å²) in [4.78, 5) is 0. The van der Waals surface area contributed by atoms with Gasteiger partial charge in [0, 0.05) is 6.07 Å². The molecule has 3 nitrogen and oxygen atoms in total. The van der Waals surface area contributed by atoms with Crippen LogP contribution in [0.1, 0.15) is 6.92 Å². The standard InChI is InChI=1S/C9H11FN2O/c1-3-11-12-7-4-5-9(13-2)8(10)6-7/h4-6H,3H2,1-2H3. The minimum Gasteiger partial charge on any atom is -0.494 e. The zero-order valence-electron chi connectivity index (χ0n) is 7.62. The van der Waals surface area contributed by atoms with Gasteiger partial charge < -0.3 is 4.74 Å². The molecule has 0 saturated carbocycles. The number of ether oxygens (including phenoxy) is 1. The lowest BCUT2D eigenvalue weighted by atomic mass is 10.3. The number of azo groups is 1. The summed E-state index contributed by atoms with van der Waals surface area (Å²) in [6.45, 7) is 2.46. The molecule has 0 aliphatic rings. The van der Waals surface area contributed by atoms with E-state index in [1.165, 1.54) is 19.2 Å². The average Bonchev–Trinajstić information content (AvgIpc) is 2.15. The fraction of sp³-hybridized carbons (Fsp3) is 0.333. The molecule has 0 aromatic heterocycles. The highest BCUT2D eigenvalue weighted by Gasteiger charge is 2.01. The molecule has 1 aromatic rings. The van der Waals surface area contributed by atoms with Gasteiger partial charge in [0.2, 0.25) is 0 Å². The van der Waals surface area contributed by atoms with Crippen molar-refractivity contribution < 1.29 is 9.13 Å². The quantitative estimate of drug-likeness (QED) is 0.661. The third kappa shape index (κ3) is 2.50. The van der Waals surface area contributed by atoms with Crippen molar-refractivity contribution >= 4 is 5.69 Å². The summed E-state index contributed by atoms with van der Waals surface area (Å²) in [6.07, 6.45) is 0. The third-order valence-corrected chi connectivity index (χ3v) is 1.46. The molecule has 70 valence electrons. The highest BCUT2D eigenvalue weighted by molar-refractivity contribution is 5.41. The van der Waals surface area contributed by atoms with Gasteiger partial charge in [-0.1, -0.05) is 0 Å². The second-order valence-corrected chi connectivity index (χ2v) is 2.38. The highest BCUT2D eigenvalue weighted by Crippen LogP contribution is 2.22.